The second kappa shape index (κ2) is 2.68. The van der Waals surface area contributed by atoms with Gasteiger partial charge in [-0.25, -0.2) is 0 Å². The molecule has 0 aliphatic heterocycles. The lowest BCUT2D eigenvalue weighted by molar-refractivity contribution is 0.483. The Morgan fingerprint density at radius 1 is 1.31 bits per heavy atom. The van der Waals surface area contributed by atoms with Crippen molar-refractivity contribution in [1.82, 2.24) is 0 Å². The average molecular weight is 196 g/mol. The molecule has 0 fully saturated rings. The van der Waals surface area contributed by atoms with Crippen molar-refractivity contribution in [2.75, 3.05) is 0 Å². The third-order valence-electron chi connectivity index (χ3n) is 2.05. The van der Waals surface area contributed by atoms with E-state index in [4.69, 9.17) is 4.55 Å². The van der Waals surface area contributed by atoms with E-state index in [1.807, 2.05) is 12.2 Å². The lowest BCUT2D eigenvalue weighted by Crippen LogP contribution is -1.98. The van der Waals surface area contributed by atoms with Gasteiger partial charge in [-0.05, 0) is 29.7 Å². The van der Waals surface area contributed by atoms with Crippen LogP contribution in [0.2, 0.25) is 0 Å². The van der Waals surface area contributed by atoms with Crippen molar-refractivity contribution in [3.8, 4) is 0 Å². The van der Waals surface area contributed by atoms with Crippen molar-refractivity contribution < 1.29 is 13.0 Å². The van der Waals surface area contributed by atoms with E-state index in [1.165, 1.54) is 12.1 Å². The quantitative estimate of drug-likeness (QED) is 0.692. The highest BCUT2D eigenvalue weighted by Gasteiger charge is 2.12. The fourth-order valence-electron chi connectivity index (χ4n) is 1.39. The number of benzene rings is 1. The first-order chi connectivity index (χ1) is 6.07. The van der Waals surface area contributed by atoms with Crippen LogP contribution in [0.5, 0.6) is 0 Å². The summed E-state index contributed by atoms with van der Waals surface area (Å²) in [5.41, 5.74) is 1.96. The first kappa shape index (κ1) is 8.47. The van der Waals surface area contributed by atoms with Gasteiger partial charge >= 0.3 is 0 Å². The van der Waals surface area contributed by atoms with Gasteiger partial charge in [-0.2, -0.15) is 8.42 Å². The van der Waals surface area contributed by atoms with Crippen LogP contribution in [-0.2, 0) is 16.5 Å². The molecule has 0 aromatic heterocycles. The molecule has 0 amide bonds. The van der Waals surface area contributed by atoms with Crippen molar-refractivity contribution in [3.05, 3.63) is 35.4 Å². The van der Waals surface area contributed by atoms with Crippen molar-refractivity contribution >= 4 is 16.2 Å². The van der Waals surface area contributed by atoms with Crippen LogP contribution in [0.4, 0.5) is 0 Å². The Hall–Kier alpha value is -1.13. The fourth-order valence-corrected chi connectivity index (χ4v) is 1.93. The van der Waals surface area contributed by atoms with E-state index < -0.39 is 10.1 Å². The Bertz CT molecular complexity index is 472. The lowest BCUT2D eigenvalue weighted by atomic mass is 10.1. The Labute approximate surface area is 76.5 Å². The maximum Gasteiger partial charge on any atom is 0.294 e. The molecule has 0 bridgehead atoms. The first-order valence-electron chi connectivity index (χ1n) is 3.84. The smallest absolute Gasteiger partial charge is 0.282 e. The molecule has 0 heterocycles. The van der Waals surface area contributed by atoms with Crippen LogP contribution in [0.1, 0.15) is 11.1 Å². The number of hydrogen-bond acceptors (Lipinski definition) is 2. The second-order valence-corrected chi connectivity index (χ2v) is 4.36. The Kier molecular flexibility index (Phi) is 1.75. The minimum Gasteiger partial charge on any atom is -0.282 e. The van der Waals surface area contributed by atoms with Crippen LogP contribution < -0.4 is 0 Å². The van der Waals surface area contributed by atoms with Gasteiger partial charge in [0.05, 0.1) is 4.90 Å². The van der Waals surface area contributed by atoms with Crippen molar-refractivity contribution in [3.63, 3.8) is 0 Å². The summed E-state index contributed by atoms with van der Waals surface area (Å²) in [6.07, 6.45) is 4.63. The van der Waals surface area contributed by atoms with Gasteiger partial charge in [0.25, 0.3) is 10.1 Å². The zero-order chi connectivity index (χ0) is 9.47. The summed E-state index contributed by atoms with van der Waals surface area (Å²) in [5.74, 6) is 0. The predicted octanol–water partition coefficient (Wildman–Crippen LogP) is 1.50. The molecule has 1 aromatic rings. The van der Waals surface area contributed by atoms with Crippen LogP contribution in [0, 0.1) is 0 Å². The van der Waals surface area contributed by atoms with Gasteiger partial charge < -0.3 is 0 Å². The van der Waals surface area contributed by atoms with Gasteiger partial charge in [-0.3, -0.25) is 4.55 Å². The Morgan fingerprint density at radius 2 is 2.08 bits per heavy atom. The monoisotopic (exact) mass is 196 g/mol. The minimum absolute atomic E-state index is 0.0325. The standard InChI is InChI=1S/C9H8O3S/c10-13(11,12)9-5-4-7-2-1-3-8(7)6-9/h1-2,4-6H,3H2,(H,10,11,12). The van der Waals surface area contributed by atoms with Gasteiger partial charge in [0.2, 0.25) is 0 Å². The van der Waals surface area contributed by atoms with E-state index in [2.05, 4.69) is 0 Å². The molecule has 1 N–H and O–H groups in total. The van der Waals surface area contributed by atoms with E-state index in [-0.39, 0.29) is 4.90 Å². The molecule has 1 aliphatic carbocycles. The predicted molar refractivity (Wildman–Crippen MR) is 49.0 cm³/mol. The molecule has 0 unspecified atom stereocenters. The van der Waals surface area contributed by atoms with Crippen molar-refractivity contribution in [1.29, 1.82) is 0 Å². The molecule has 0 saturated heterocycles. The molecular formula is C9H8O3S. The van der Waals surface area contributed by atoms with Crippen molar-refractivity contribution in [2.45, 2.75) is 11.3 Å². The molecule has 2 rings (SSSR count). The van der Waals surface area contributed by atoms with Crippen LogP contribution >= 0.6 is 0 Å². The maximum atomic E-state index is 10.8. The van der Waals surface area contributed by atoms with Gasteiger partial charge in [0.15, 0.2) is 0 Å². The van der Waals surface area contributed by atoms with Gasteiger partial charge in [-0.15, -0.1) is 0 Å². The van der Waals surface area contributed by atoms with Gasteiger partial charge in [0.1, 0.15) is 0 Å². The largest absolute Gasteiger partial charge is 0.294 e. The van der Waals surface area contributed by atoms with Crippen LogP contribution in [-0.4, -0.2) is 13.0 Å². The third kappa shape index (κ3) is 1.50. The molecule has 0 radical (unpaired) electrons. The summed E-state index contributed by atoms with van der Waals surface area (Å²) in [4.78, 5) is -0.0325. The summed E-state index contributed by atoms with van der Waals surface area (Å²) in [6, 6.07) is 4.61. The Morgan fingerprint density at radius 3 is 2.77 bits per heavy atom. The molecule has 68 valence electrons. The summed E-state index contributed by atoms with van der Waals surface area (Å²) < 4.78 is 30.3. The molecule has 4 heteroatoms. The number of hydrogen-bond donors (Lipinski definition) is 1. The molecule has 0 saturated carbocycles. The van der Waals surface area contributed by atoms with E-state index >= 15 is 0 Å². The summed E-state index contributed by atoms with van der Waals surface area (Å²) in [6.45, 7) is 0. The SMILES string of the molecule is O=S(=O)(O)c1ccc2c(c1)CC=C2. The summed E-state index contributed by atoms with van der Waals surface area (Å²) in [7, 11) is -4.05. The van der Waals surface area contributed by atoms with Crippen LogP contribution in [0.25, 0.3) is 6.08 Å². The van der Waals surface area contributed by atoms with Crippen LogP contribution in [0.3, 0.4) is 0 Å². The molecule has 1 aromatic carbocycles. The molecule has 0 atom stereocenters. The zero-order valence-corrected chi connectivity index (χ0v) is 7.58. The zero-order valence-electron chi connectivity index (χ0n) is 6.77. The van der Waals surface area contributed by atoms with E-state index in [9.17, 15) is 8.42 Å². The highest BCUT2D eigenvalue weighted by molar-refractivity contribution is 7.85. The minimum atomic E-state index is -4.05. The topological polar surface area (TPSA) is 54.4 Å². The lowest BCUT2D eigenvalue weighted by Gasteiger charge is -2.00. The maximum absolute atomic E-state index is 10.8. The van der Waals surface area contributed by atoms with Crippen molar-refractivity contribution in [2.24, 2.45) is 0 Å². The molecule has 13 heavy (non-hydrogen) atoms. The van der Waals surface area contributed by atoms with Crippen LogP contribution in [0.15, 0.2) is 29.2 Å². The molecule has 1 aliphatic rings. The Balaban J connectivity index is 2.57. The summed E-state index contributed by atoms with van der Waals surface area (Å²) >= 11 is 0. The number of allylic oxidation sites excluding steroid dienone is 1. The second-order valence-electron chi connectivity index (χ2n) is 2.94. The average Bonchev–Trinajstić information content (AvgIpc) is 2.47. The molecule has 3 nitrogen and oxygen atoms in total. The highest BCUT2D eigenvalue weighted by Crippen LogP contribution is 2.22. The summed E-state index contributed by atoms with van der Waals surface area (Å²) in [5, 5.41) is 0. The highest BCUT2D eigenvalue weighted by atomic mass is 32.2. The van der Waals surface area contributed by atoms with E-state index in [1.54, 1.807) is 6.07 Å². The number of fused-ring (bicyclic) bond motifs is 1. The number of rotatable bonds is 1. The molecule has 0 spiro atoms. The third-order valence-corrected chi connectivity index (χ3v) is 2.90. The first-order valence-corrected chi connectivity index (χ1v) is 5.28. The molecular weight excluding hydrogens is 188 g/mol. The fraction of sp³-hybridized carbons (Fsp3) is 0.111. The van der Waals surface area contributed by atoms with Gasteiger partial charge in [0, 0.05) is 0 Å². The van der Waals surface area contributed by atoms with E-state index in [0.717, 1.165) is 17.5 Å². The normalized spacial score (nSPS) is 14.5. The van der Waals surface area contributed by atoms with Gasteiger partial charge in [-0.1, -0.05) is 18.2 Å². The van der Waals surface area contributed by atoms with E-state index in [0.29, 0.717) is 0 Å².